The third kappa shape index (κ3) is 3.81. The highest BCUT2D eigenvalue weighted by Gasteiger charge is 2.25. The molecule has 2 aliphatic heterocycles. The number of allylic oxidation sites excluding steroid dienone is 8. The molecule has 2 fully saturated rings. The SMILES string of the molecule is C1=C(OCC2CO2)CCC(C2=CC=C(OCC3CO3)CC2)=C1. The molecular formula is C18H22O4. The Hall–Kier alpha value is -1.52. The minimum Gasteiger partial charge on any atom is -0.495 e. The molecule has 2 aliphatic carbocycles. The van der Waals surface area contributed by atoms with Gasteiger partial charge in [-0.25, -0.2) is 0 Å². The van der Waals surface area contributed by atoms with Crippen LogP contribution in [0.4, 0.5) is 0 Å². The zero-order valence-electron chi connectivity index (χ0n) is 12.8. The normalized spacial score (nSPS) is 29.8. The van der Waals surface area contributed by atoms with E-state index in [1.54, 1.807) is 0 Å². The van der Waals surface area contributed by atoms with Crippen LogP contribution in [0, 0.1) is 0 Å². The summed E-state index contributed by atoms with van der Waals surface area (Å²) in [6.45, 7) is 3.10. The molecule has 4 heteroatoms. The van der Waals surface area contributed by atoms with Gasteiger partial charge in [-0.15, -0.1) is 0 Å². The highest BCUT2D eigenvalue weighted by Crippen LogP contribution is 2.31. The summed E-state index contributed by atoms with van der Waals surface area (Å²) in [6, 6.07) is 0. The summed E-state index contributed by atoms with van der Waals surface area (Å²) in [5.41, 5.74) is 2.85. The van der Waals surface area contributed by atoms with Crippen LogP contribution in [-0.4, -0.2) is 38.6 Å². The molecular weight excluding hydrogens is 280 g/mol. The lowest BCUT2D eigenvalue weighted by molar-refractivity contribution is 0.173. The van der Waals surface area contributed by atoms with Crippen molar-refractivity contribution in [2.24, 2.45) is 0 Å². The summed E-state index contributed by atoms with van der Waals surface area (Å²) < 4.78 is 21.8. The van der Waals surface area contributed by atoms with Gasteiger partial charge in [-0.05, 0) is 36.1 Å². The van der Waals surface area contributed by atoms with E-state index in [0.717, 1.165) is 50.4 Å². The van der Waals surface area contributed by atoms with Crippen LogP contribution in [0.15, 0.2) is 47.0 Å². The average Bonchev–Trinajstić information content (AvgIpc) is 3.47. The number of hydrogen-bond donors (Lipinski definition) is 0. The Morgan fingerprint density at radius 3 is 1.50 bits per heavy atom. The maximum absolute atomic E-state index is 5.75. The van der Waals surface area contributed by atoms with E-state index in [0.29, 0.717) is 25.4 Å². The van der Waals surface area contributed by atoms with Gasteiger partial charge in [0.2, 0.25) is 0 Å². The van der Waals surface area contributed by atoms with E-state index < -0.39 is 0 Å². The molecule has 22 heavy (non-hydrogen) atoms. The number of rotatable bonds is 7. The fourth-order valence-corrected chi connectivity index (χ4v) is 2.74. The lowest BCUT2D eigenvalue weighted by atomic mass is 9.90. The Kier molecular flexibility index (Phi) is 4.04. The molecule has 0 spiro atoms. The summed E-state index contributed by atoms with van der Waals surface area (Å²) >= 11 is 0. The van der Waals surface area contributed by atoms with Gasteiger partial charge in [0.05, 0.1) is 24.7 Å². The molecule has 2 atom stereocenters. The fourth-order valence-electron chi connectivity index (χ4n) is 2.74. The third-order valence-corrected chi connectivity index (χ3v) is 4.35. The molecule has 0 bridgehead atoms. The minimum atomic E-state index is 0.330. The van der Waals surface area contributed by atoms with Gasteiger partial charge in [0, 0.05) is 12.8 Å². The topological polar surface area (TPSA) is 43.5 Å². The number of epoxide rings is 2. The highest BCUT2D eigenvalue weighted by atomic mass is 16.6. The van der Waals surface area contributed by atoms with Gasteiger partial charge >= 0.3 is 0 Å². The second kappa shape index (κ2) is 6.31. The lowest BCUT2D eigenvalue weighted by Gasteiger charge is -2.20. The first-order chi connectivity index (χ1) is 10.9. The Morgan fingerprint density at radius 2 is 1.18 bits per heavy atom. The van der Waals surface area contributed by atoms with E-state index >= 15 is 0 Å². The third-order valence-electron chi connectivity index (χ3n) is 4.35. The zero-order chi connectivity index (χ0) is 14.8. The molecule has 4 nitrogen and oxygen atoms in total. The molecule has 2 heterocycles. The maximum Gasteiger partial charge on any atom is 0.116 e. The molecule has 2 saturated heterocycles. The first-order valence-electron chi connectivity index (χ1n) is 8.15. The van der Waals surface area contributed by atoms with Gasteiger partial charge < -0.3 is 18.9 Å². The van der Waals surface area contributed by atoms with E-state index in [-0.39, 0.29) is 0 Å². The molecule has 4 rings (SSSR count). The van der Waals surface area contributed by atoms with Gasteiger partial charge in [0.15, 0.2) is 0 Å². The quantitative estimate of drug-likeness (QED) is 0.678. The molecule has 0 aromatic carbocycles. The van der Waals surface area contributed by atoms with E-state index in [2.05, 4.69) is 24.3 Å². The van der Waals surface area contributed by atoms with Crippen molar-refractivity contribution in [2.75, 3.05) is 26.4 Å². The monoisotopic (exact) mass is 302 g/mol. The molecule has 2 unspecified atom stereocenters. The van der Waals surface area contributed by atoms with Crippen molar-refractivity contribution in [2.45, 2.75) is 37.9 Å². The number of hydrogen-bond acceptors (Lipinski definition) is 4. The van der Waals surface area contributed by atoms with Crippen LogP contribution in [0.5, 0.6) is 0 Å². The van der Waals surface area contributed by atoms with Crippen LogP contribution < -0.4 is 0 Å². The smallest absolute Gasteiger partial charge is 0.116 e. The summed E-state index contributed by atoms with van der Waals surface area (Å²) in [4.78, 5) is 0. The highest BCUT2D eigenvalue weighted by molar-refractivity contribution is 5.41. The number of ether oxygens (including phenoxy) is 4. The van der Waals surface area contributed by atoms with Gasteiger partial charge in [0.1, 0.15) is 25.4 Å². The first kappa shape index (κ1) is 14.1. The Bertz CT molecular complexity index is 497. The summed E-state index contributed by atoms with van der Waals surface area (Å²) in [6.07, 6.45) is 13.4. The van der Waals surface area contributed by atoms with Crippen LogP contribution in [0.25, 0.3) is 0 Å². The molecule has 118 valence electrons. The Labute approximate surface area is 131 Å². The molecule has 0 radical (unpaired) electrons. The van der Waals surface area contributed by atoms with E-state index in [4.69, 9.17) is 18.9 Å². The van der Waals surface area contributed by atoms with Gasteiger partial charge in [-0.2, -0.15) is 0 Å². The van der Waals surface area contributed by atoms with E-state index in [9.17, 15) is 0 Å². The largest absolute Gasteiger partial charge is 0.495 e. The van der Waals surface area contributed by atoms with Crippen LogP contribution in [0.2, 0.25) is 0 Å². The maximum atomic E-state index is 5.75. The van der Waals surface area contributed by atoms with Crippen molar-refractivity contribution in [1.29, 1.82) is 0 Å². The van der Waals surface area contributed by atoms with Gasteiger partial charge in [-0.3, -0.25) is 0 Å². The summed E-state index contributed by atoms with van der Waals surface area (Å²) in [5, 5.41) is 0. The van der Waals surface area contributed by atoms with Crippen molar-refractivity contribution in [1.82, 2.24) is 0 Å². The van der Waals surface area contributed by atoms with E-state index in [1.165, 1.54) is 11.1 Å². The van der Waals surface area contributed by atoms with Crippen LogP contribution >= 0.6 is 0 Å². The molecule has 0 saturated carbocycles. The average molecular weight is 302 g/mol. The summed E-state index contributed by atoms with van der Waals surface area (Å²) in [7, 11) is 0. The van der Waals surface area contributed by atoms with Crippen molar-refractivity contribution in [3.05, 3.63) is 47.0 Å². The molecule has 0 aromatic heterocycles. The van der Waals surface area contributed by atoms with Crippen LogP contribution in [0.1, 0.15) is 25.7 Å². The standard InChI is InChI=1S/C18H22O4/c1-5-15(19-9-17-11-21-17)6-2-13(1)14-3-7-16(8-4-14)20-10-18-12-22-18/h1,3,5,7,17-18H,2,4,6,8-12H2. The Balaban J connectivity index is 1.31. The van der Waals surface area contributed by atoms with Crippen LogP contribution in [-0.2, 0) is 18.9 Å². The van der Waals surface area contributed by atoms with Crippen molar-refractivity contribution < 1.29 is 18.9 Å². The van der Waals surface area contributed by atoms with Crippen molar-refractivity contribution in [3.63, 3.8) is 0 Å². The molecule has 0 amide bonds. The Morgan fingerprint density at radius 1 is 0.727 bits per heavy atom. The second-order valence-corrected chi connectivity index (χ2v) is 6.18. The summed E-state index contributed by atoms with van der Waals surface area (Å²) in [5.74, 6) is 2.17. The van der Waals surface area contributed by atoms with Crippen molar-refractivity contribution in [3.8, 4) is 0 Å². The van der Waals surface area contributed by atoms with E-state index in [1.807, 2.05) is 0 Å². The first-order valence-corrected chi connectivity index (χ1v) is 8.15. The van der Waals surface area contributed by atoms with Crippen molar-refractivity contribution >= 4 is 0 Å². The minimum absolute atomic E-state index is 0.330. The second-order valence-electron chi connectivity index (χ2n) is 6.18. The molecule has 0 N–H and O–H groups in total. The predicted molar refractivity (Wildman–Crippen MR) is 82.2 cm³/mol. The molecule has 0 aromatic rings. The van der Waals surface area contributed by atoms with Crippen LogP contribution in [0.3, 0.4) is 0 Å². The molecule has 4 aliphatic rings. The predicted octanol–water partition coefficient (Wildman–Crippen LogP) is 3.03. The van der Waals surface area contributed by atoms with Gasteiger partial charge in [0.25, 0.3) is 0 Å². The zero-order valence-corrected chi connectivity index (χ0v) is 12.8. The fraction of sp³-hybridized carbons (Fsp3) is 0.556. The van der Waals surface area contributed by atoms with Gasteiger partial charge in [-0.1, -0.05) is 12.2 Å². The lowest BCUT2D eigenvalue weighted by Crippen LogP contribution is -2.07.